The zero-order chi connectivity index (χ0) is 14.6. The van der Waals surface area contributed by atoms with Gasteiger partial charge in [0.1, 0.15) is 23.3 Å². The predicted molar refractivity (Wildman–Crippen MR) is 57.3 cm³/mol. The average Bonchev–Trinajstić information content (AvgIpc) is 2.34. The van der Waals surface area contributed by atoms with Crippen molar-refractivity contribution in [2.24, 2.45) is 0 Å². The highest BCUT2D eigenvalue weighted by Crippen LogP contribution is 2.38. The molecule has 0 aromatic heterocycles. The van der Waals surface area contributed by atoms with E-state index in [2.05, 4.69) is 0 Å². The van der Waals surface area contributed by atoms with Crippen LogP contribution in [0.25, 0.3) is 6.08 Å². The van der Waals surface area contributed by atoms with Crippen LogP contribution >= 0.6 is 0 Å². The third-order valence-electron chi connectivity index (χ3n) is 2.10. The molecule has 0 aliphatic heterocycles. The molecule has 0 amide bonds. The summed E-state index contributed by atoms with van der Waals surface area (Å²) >= 11 is 0. The van der Waals surface area contributed by atoms with Crippen LogP contribution < -0.4 is 0 Å². The molecule has 0 atom stereocenters. The number of nitrogens with zero attached hydrogens (tertiary/aromatic N) is 3. The molecule has 0 saturated heterocycles. The Kier molecular flexibility index (Phi) is 3.88. The number of alkyl halides is 3. The van der Waals surface area contributed by atoms with Gasteiger partial charge in [-0.3, -0.25) is 10.1 Å². The molecule has 0 aliphatic rings. The second-order valence-corrected chi connectivity index (χ2v) is 3.28. The van der Waals surface area contributed by atoms with Crippen molar-refractivity contribution < 1.29 is 18.1 Å². The van der Waals surface area contributed by atoms with E-state index in [0.717, 1.165) is 18.2 Å². The zero-order valence-electron chi connectivity index (χ0n) is 9.10. The van der Waals surface area contributed by atoms with E-state index < -0.39 is 33.5 Å². The Labute approximate surface area is 105 Å². The number of nitro benzene ring substituents is 1. The topological polar surface area (TPSA) is 90.7 Å². The van der Waals surface area contributed by atoms with Gasteiger partial charge in [0, 0.05) is 0 Å². The molecule has 0 bridgehead atoms. The molecule has 8 heteroatoms. The number of rotatable bonds is 2. The summed E-state index contributed by atoms with van der Waals surface area (Å²) in [6.45, 7) is 0. The minimum absolute atomic E-state index is 0.446. The van der Waals surface area contributed by atoms with E-state index in [-0.39, 0.29) is 0 Å². The number of halogens is 3. The van der Waals surface area contributed by atoms with E-state index in [1.807, 2.05) is 0 Å². The Bertz CT molecular complexity index is 620. The van der Waals surface area contributed by atoms with Gasteiger partial charge >= 0.3 is 6.18 Å². The Balaban J connectivity index is 3.61. The van der Waals surface area contributed by atoms with Crippen LogP contribution in [0.1, 0.15) is 11.1 Å². The normalized spacial score (nSPS) is 10.2. The lowest BCUT2D eigenvalue weighted by Crippen LogP contribution is -2.09. The predicted octanol–water partition coefficient (Wildman–Crippen LogP) is 3.04. The summed E-state index contributed by atoms with van der Waals surface area (Å²) in [4.78, 5) is 9.56. The highest BCUT2D eigenvalue weighted by Gasteiger charge is 2.39. The lowest BCUT2D eigenvalue weighted by Gasteiger charge is -2.08. The lowest BCUT2D eigenvalue weighted by atomic mass is 10.0. The molecule has 0 N–H and O–H groups in total. The van der Waals surface area contributed by atoms with Crippen LogP contribution in [0.2, 0.25) is 0 Å². The van der Waals surface area contributed by atoms with Crippen LogP contribution in [-0.4, -0.2) is 4.92 Å². The summed E-state index contributed by atoms with van der Waals surface area (Å²) in [6.07, 6.45) is -4.15. The van der Waals surface area contributed by atoms with Crippen molar-refractivity contribution in [2.75, 3.05) is 0 Å². The number of hydrogen-bond donors (Lipinski definition) is 0. The smallest absolute Gasteiger partial charge is 0.258 e. The van der Waals surface area contributed by atoms with Crippen LogP contribution in [0.15, 0.2) is 23.8 Å². The van der Waals surface area contributed by atoms with Crippen molar-refractivity contribution in [3.8, 4) is 12.1 Å². The van der Waals surface area contributed by atoms with Gasteiger partial charge in [-0.25, -0.2) is 0 Å². The van der Waals surface area contributed by atoms with Gasteiger partial charge in [-0.1, -0.05) is 6.07 Å². The number of benzene rings is 1. The summed E-state index contributed by atoms with van der Waals surface area (Å²) in [7, 11) is 0. The van der Waals surface area contributed by atoms with Crippen LogP contribution in [0.3, 0.4) is 0 Å². The summed E-state index contributed by atoms with van der Waals surface area (Å²) < 4.78 is 37.9. The van der Waals surface area contributed by atoms with E-state index in [0.29, 0.717) is 6.07 Å². The Morgan fingerprint density at radius 2 is 1.89 bits per heavy atom. The largest absolute Gasteiger partial charge is 0.423 e. The van der Waals surface area contributed by atoms with Gasteiger partial charge in [0.25, 0.3) is 5.69 Å². The van der Waals surface area contributed by atoms with E-state index >= 15 is 0 Å². The second-order valence-electron chi connectivity index (χ2n) is 3.28. The fraction of sp³-hybridized carbons (Fsp3) is 0.0909. The van der Waals surface area contributed by atoms with E-state index in [1.165, 1.54) is 12.1 Å². The minimum Gasteiger partial charge on any atom is -0.258 e. The van der Waals surface area contributed by atoms with Gasteiger partial charge < -0.3 is 0 Å². The van der Waals surface area contributed by atoms with Crippen LogP contribution in [0, 0.1) is 32.8 Å². The minimum atomic E-state index is -4.90. The van der Waals surface area contributed by atoms with Gasteiger partial charge in [-0.15, -0.1) is 0 Å². The molecule has 1 aromatic rings. The zero-order valence-corrected chi connectivity index (χ0v) is 9.10. The van der Waals surface area contributed by atoms with E-state index in [1.54, 1.807) is 0 Å². The van der Waals surface area contributed by atoms with Gasteiger partial charge in [-0.05, 0) is 18.2 Å². The average molecular weight is 267 g/mol. The third-order valence-corrected chi connectivity index (χ3v) is 2.10. The molecule has 1 rings (SSSR count). The number of para-hydroxylation sites is 1. The maximum absolute atomic E-state index is 12.6. The molecule has 0 radical (unpaired) electrons. The summed E-state index contributed by atoms with van der Waals surface area (Å²) in [6, 6.07) is 5.40. The molecule has 5 nitrogen and oxygen atoms in total. The first-order valence-electron chi connectivity index (χ1n) is 4.67. The van der Waals surface area contributed by atoms with Crippen molar-refractivity contribution in [3.63, 3.8) is 0 Å². The first kappa shape index (κ1) is 14.2. The Morgan fingerprint density at radius 3 is 2.32 bits per heavy atom. The van der Waals surface area contributed by atoms with E-state index in [4.69, 9.17) is 10.5 Å². The molecule has 0 unspecified atom stereocenters. The van der Waals surface area contributed by atoms with Gasteiger partial charge in [-0.2, -0.15) is 23.7 Å². The first-order valence-corrected chi connectivity index (χ1v) is 4.67. The highest BCUT2D eigenvalue weighted by molar-refractivity contribution is 5.70. The van der Waals surface area contributed by atoms with Crippen LogP contribution in [0.4, 0.5) is 18.9 Å². The summed E-state index contributed by atoms with van der Waals surface area (Å²) in [5, 5.41) is 27.8. The van der Waals surface area contributed by atoms with Crippen LogP contribution in [0.5, 0.6) is 0 Å². The molecule has 96 valence electrons. The lowest BCUT2D eigenvalue weighted by molar-refractivity contribution is -0.388. The second kappa shape index (κ2) is 5.19. The van der Waals surface area contributed by atoms with Crippen molar-refractivity contribution in [1.29, 1.82) is 10.5 Å². The van der Waals surface area contributed by atoms with Crippen molar-refractivity contribution in [3.05, 3.63) is 45.0 Å². The molecule has 0 saturated carbocycles. The molecule has 0 spiro atoms. The van der Waals surface area contributed by atoms with Crippen LogP contribution in [-0.2, 0) is 6.18 Å². The molecule has 0 aliphatic carbocycles. The number of nitro groups is 1. The Hall–Kier alpha value is -2.87. The first-order chi connectivity index (χ1) is 8.81. The molecule has 0 fully saturated rings. The number of allylic oxidation sites excluding steroid dienone is 1. The molecular weight excluding hydrogens is 263 g/mol. The summed E-state index contributed by atoms with van der Waals surface area (Å²) in [5.41, 5.74) is -3.58. The maximum atomic E-state index is 12.6. The van der Waals surface area contributed by atoms with Crippen molar-refractivity contribution >= 4 is 11.8 Å². The SMILES string of the molecule is N#CC(C#N)=Cc1cccc(C(F)(F)F)c1[N+](=O)[O-]. The highest BCUT2D eigenvalue weighted by atomic mass is 19.4. The fourth-order valence-corrected chi connectivity index (χ4v) is 1.36. The Morgan fingerprint density at radius 1 is 1.32 bits per heavy atom. The third kappa shape index (κ3) is 3.07. The van der Waals surface area contributed by atoms with Gasteiger partial charge in [0.2, 0.25) is 0 Å². The molecule has 0 heterocycles. The van der Waals surface area contributed by atoms with Crippen molar-refractivity contribution in [1.82, 2.24) is 0 Å². The van der Waals surface area contributed by atoms with Gasteiger partial charge in [0.05, 0.1) is 10.5 Å². The number of nitriles is 2. The standard InChI is InChI=1S/C11H4F3N3O2/c12-11(13,14)9-3-1-2-8(10(9)17(18)19)4-7(5-15)6-16/h1-4H. The monoisotopic (exact) mass is 267 g/mol. The molecule has 1 aromatic carbocycles. The van der Waals surface area contributed by atoms with Gasteiger partial charge in [0.15, 0.2) is 0 Å². The maximum Gasteiger partial charge on any atom is 0.423 e. The van der Waals surface area contributed by atoms with Crippen molar-refractivity contribution in [2.45, 2.75) is 6.18 Å². The summed E-state index contributed by atoms with van der Waals surface area (Å²) in [5.74, 6) is 0. The quantitative estimate of drug-likeness (QED) is 0.467. The fourth-order valence-electron chi connectivity index (χ4n) is 1.36. The molecular formula is C11H4F3N3O2. The number of hydrogen-bond acceptors (Lipinski definition) is 4. The van der Waals surface area contributed by atoms with E-state index in [9.17, 15) is 23.3 Å². The molecule has 19 heavy (non-hydrogen) atoms.